The molecule has 0 radical (unpaired) electrons. The van der Waals surface area contributed by atoms with Crippen LogP contribution in [0.25, 0.3) is 0 Å². The van der Waals surface area contributed by atoms with Gasteiger partial charge in [-0.25, -0.2) is 0 Å². The number of nitrogens with two attached hydrogens (primary N) is 1. The molecule has 0 bridgehead atoms. The number of carbonyl (C=O) groups excluding carboxylic acids is 1. The molecule has 4 nitrogen and oxygen atoms in total. The van der Waals surface area contributed by atoms with Crippen molar-refractivity contribution >= 4 is 5.91 Å². The quantitative estimate of drug-likeness (QED) is 0.738. The van der Waals surface area contributed by atoms with Gasteiger partial charge >= 0.3 is 0 Å². The molecule has 0 heterocycles. The molecule has 0 saturated heterocycles. The highest BCUT2D eigenvalue weighted by Gasteiger charge is 2.27. The average molecular weight is 256 g/mol. The van der Waals surface area contributed by atoms with Gasteiger partial charge in [-0.2, -0.15) is 0 Å². The summed E-state index contributed by atoms with van der Waals surface area (Å²) in [7, 11) is 0. The molecule has 0 aromatic carbocycles. The van der Waals surface area contributed by atoms with Crippen LogP contribution in [0.2, 0.25) is 0 Å². The standard InChI is InChI=1S/C14H28N2O2/c1-14(2,3)12(15)13(17)16-9-10-18-11-7-5-4-6-8-11/h11-12H,4-10,15H2,1-3H3,(H,16,17). The fraction of sp³-hybridized carbons (Fsp3) is 0.929. The molecular formula is C14H28N2O2. The normalized spacial score (nSPS) is 19.6. The van der Waals surface area contributed by atoms with Crippen molar-refractivity contribution in [3.05, 3.63) is 0 Å². The summed E-state index contributed by atoms with van der Waals surface area (Å²) in [5, 5.41) is 2.84. The molecule has 0 aromatic rings. The number of carbonyl (C=O) groups is 1. The number of hydrogen-bond donors (Lipinski definition) is 2. The lowest BCUT2D eigenvalue weighted by molar-refractivity contribution is -0.124. The predicted molar refractivity (Wildman–Crippen MR) is 73.3 cm³/mol. The van der Waals surface area contributed by atoms with Crippen molar-refractivity contribution in [3.8, 4) is 0 Å². The Morgan fingerprint density at radius 3 is 2.50 bits per heavy atom. The molecule has 3 N–H and O–H groups in total. The second kappa shape index (κ2) is 7.10. The molecule has 4 heteroatoms. The first-order valence-electron chi connectivity index (χ1n) is 7.06. The van der Waals surface area contributed by atoms with Crippen molar-refractivity contribution in [3.63, 3.8) is 0 Å². The van der Waals surface area contributed by atoms with Crippen molar-refractivity contribution < 1.29 is 9.53 Å². The zero-order valence-corrected chi connectivity index (χ0v) is 12.0. The van der Waals surface area contributed by atoms with Crippen LogP contribution >= 0.6 is 0 Å². The van der Waals surface area contributed by atoms with Crippen molar-refractivity contribution in [1.82, 2.24) is 5.32 Å². The number of hydrogen-bond acceptors (Lipinski definition) is 3. The molecule has 1 rings (SSSR count). The lowest BCUT2D eigenvalue weighted by Gasteiger charge is -2.26. The third-order valence-corrected chi connectivity index (χ3v) is 3.52. The average Bonchev–Trinajstić information content (AvgIpc) is 2.33. The highest BCUT2D eigenvalue weighted by molar-refractivity contribution is 5.82. The van der Waals surface area contributed by atoms with Crippen LogP contribution in [0.3, 0.4) is 0 Å². The first-order chi connectivity index (χ1) is 8.41. The summed E-state index contributed by atoms with van der Waals surface area (Å²) in [6.45, 7) is 7.05. The van der Waals surface area contributed by atoms with Crippen LogP contribution in [0, 0.1) is 5.41 Å². The van der Waals surface area contributed by atoms with E-state index in [0.717, 1.165) is 12.8 Å². The highest BCUT2D eigenvalue weighted by Crippen LogP contribution is 2.20. The van der Waals surface area contributed by atoms with Gasteiger partial charge in [0.05, 0.1) is 18.8 Å². The van der Waals surface area contributed by atoms with E-state index in [2.05, 4.69) is 5.32 Å². The second-order valence-corrected chi connectivity index (χ2v) is 6.27. The van der Waals surface area contributed by atoms with Crippen LogP contribution in [-0.4, -0.2) is 31.2 Å². The summed E-state index contributed by atoms with van der Waals surface area (Å²) in [5.74, 6) is -0.0882. The van der Waals surface area contributed by atoms with E-state index in [0.29, 0.717) is 19.3 Å². The first-order valence-corrected chi connectivity index (χ1v) is 7.06. The van der Waals surface area contributed by atoms with Gasteiger partial charge in [0.1, 0.15) is 0 Å². The molecular weight excluding hydrogens is 228 g/mol. The van der Waals surface area contributed by atoms with Crippen molar-refractivity contribution in [1.29, 1.82) is 0 Å². The van der Waals surface area contributed by atoms with Gasteiger partial charge in [0.15, 0.2) is 0 Å². The lowest BCUT2D eigenvalue weighted by atomic mass is 9.87. The zero-order valence-electron chi connectivity index (χ0n) is 12.0. The third kappa shape index (κ3) is 5.36. The van der Waals surface area contributed by atoms with Crippen molar-refractivity contribution in [2.75, 3.05) is 13.2 Å². The van der Waals surface area contributed by atoms with E-state index in [9.17, 15) is 4.79 Å². The molecule has 0 aliphatic heterocycles. The third-order valence-electron chi connectivity index (χ3n) is 3.52. The van der Waals surface area contributed by atoms with Gasteiger partial charge in [-0.15, -0.1) is 0 Å². The van der Waals surface area contributed by atoms with Gasteiger partial charge in [0.25, 0.3) is 0 Å². The van der Waals surface area contributed by atoms with Gasteiger partial charge in [0.2, 0.25) is 5.91 Å². The minimum Gasteiger partial charge on any atom is -0.376 e. The monoisotopic (exact) mass is 256 g/mol. The summed E-state index contributed by atoms with van der Waals surface area (Å²) >= 11 is 0. The molecule has 1 aliphatic carbocycles. The molecule has 1 unspecified atom stereocenters. The molecule has 1 atom stereocenters. The number of amides is 1. The fourth-order valence-electron chi connectivity index (χ4n) is 2.13. The highest BCUT2D eigenvalue weighted by atomic mass is 16.5. The van der Waals surface area contributed by atoms with Crippen molar-refractivity contribution in [2.45, 2.75) is 65.0 Å². The van der Waals surface area contributed by atoms with Crippen LogP contribution in [0.4, 0.5) is 0 Å². The molecule has 0 spiro atoms. The SMILES string of the molecule is CC(C)(C)C(N)C(=O)NCCOC1CCCCC1. The van der Waals surface area contributed by atoms with Gasteiger partial charge in [-0.1, -0.05) is 40.0 Å². The Balaban J connectivity index is 2.11. The van der Waals surface area contributed by atoms with Gasteiger partial charge in [0, 0.05) is 6.54 Å². The molecule has 0 aromatic heterocycles. The minimum absolute atomic E-state index is 0.0882. The molecule has 18 heavy (non-hydrogen) atoms. The van der Waals surface area contributed by atoms with Crippen LogP contribution < -0.4 is 11.1 Å². The van der Waals surface area contributed by atoms with Gasteiger partial charge < -0.3 is 15.8 Å². The smallest absolute Gasteiger partial charge is 0.237 e. The van der Waals surface area contributed by atoms with Gasteiger partial charge in [-0.05, 0) is 18.3 Å². The van der Waals surface area contributed by atoms with Crippen LogP contribution in [0.1, 0.15) is 52.9 Å². The summed E-state index contributed by atoms with van der Waals surface area (Å²) in [6, 6.07) is -0.466. The lowest BCUT2D eigenvalue weighted by Crippen LogP contribution is -2.49. The first kappa shape index (κ1) is 15.4. The molecule has 106 valence electrons. The Labute approximate surface area is 111 Å². The zero-order chi connectivity index (χ0) is 13.6. The largest absolute Gasteiger partial charge is 0.376 e. The second-order valence-electron chi connectivity index (χ2n) is 6.27. The summed E-state index contributed by atoms with van der Waals surface area (Å²) in [5.41, 5.74) is 5.67. The molecule has 1 saturated carbocycles. The molecule has 1 amide bonds. The number of ether oxygens (including phenoxy) is 1. The maximum Gasteiger partial charge on any atom is 0.237 e. The maximum atomic E-state index is 11.7. The number of rotatable bonds is 5. The van der Waals surface area contributed by atoms with E-state index in [-0.39, 0.29) is 11.3 Å². The summed E-state index contributed by atoms with van der Waals surface area (Å²) < 4.78 is 5.74. The van der Waals surface area contributed by atoms with E-state index in [4.69, 9.17) is 10.5 Å². The van der Waals surface area contributed by atoms with E-state index < -0.39 is 6.04 Å². The Morgan fingerprint density at radius 1 is 1.33 bits per heavy atom. The maximum absolute atomic E-state index is 11.7. The topological polar surface area (TPSA) is 64.4 Å². The van der Waals surface area contributed by atoms with Gasteiger partial charge in [-0.3, -0.25) is 4.79 Å². The Bertz CT molecular complexity index is 255. The molecule has 1 fully saturated rings. The van der Waals surface area contributed by atoms with E-state index in [1.54, 1.807) is 0 Å². The van der Waals surface area contributed by atoms with Crippen LogP contribution in [-0.2, 0) is 9.53 Å². The Hall–Kier alpha value is -0.610. The van der Waals surface area contributed by atoms with Crippen LogP contribution in [0.5, 0.6) is 0 Å². The van der Waals surface area contributed by atoms with E-state index in [1.165, 1.54) is 19.3 Å². The minimum atomic E-state index is -0.466. The Morgan fingerprint density at radius 2 is 1.94 bits per heavy atom. The van der Waals surface area contributed by atoms with Crippen molar-refractivity contribution in [2.24, 2.45) is 11.1 Å². The summed E-state index contributed by atoms with van der Waals surface area (Å²) in [4.78, 5) is 11.7. The van der Waals surface area contributed by atoms with E-state index >= 15 is 0 Å². The summed E-state index contributed by atoms with van der Waals surface area (Å²) in [6.07, 6.45) is 6.59. The molecule has 1 aliphatic rings. The Kier molecular flexibility index (Phi) is 6.09. The van der Waals surface area contributed by atoms with E-state index in [1.807, 2.05) is 20.8 Å². The fourth-order valence-corrected chi connectivity index (χ4v) is 2.13. The number of nitrogens with one attached hydrogen (secondary N) is 1. The van der Waals surface area contributed by atoms with Crippen LogP contribution in [0.15, 0.2) is 0 Å². The predicted octanol–water partition coefficient (Wildman–Crippen LogP) is 1.83.